The van der Waals surface area contributed by atoms with E-state index in [2.05, 4.69) is 0 Å². The van der Waals surface area contributed by atoms with Crippen molar-refractivity contribution in [2.75, 3.05) is 6.54 Å². The summed E-state index contributed by atoms with van der Waals surface area (Å²) in [6, 6.07) is 6.62. The van der Waals surface area contributed by atoms with Crippen LogP contribution in [0, 0.1) is 5.92 Å². The van der Waals surface area contributed by atoms with Crippen LogP contribution in [-0.4, -0.2) is 34.5 Å². The Kier molecular flexibility index (Phi) is 6.02. The molecule has 110 valence electrons. The van der Waals surface area contributed by atoms with E-state index < -0.39 is 11.9 Å². The zero-order chi connectivity index (χ0) is 15.3. The number of amides is 1. The summed E-state index contributed by atoms with van der Waals surface area (Å²) in [7, 11) is 0. The molecule has 0 radical (unpaired) electrons. The highest BCUT2D eigenvalue weighted by Crippen LogP contribution is 2.16. The van der Waals surface area contributed by atoms with E-state index in [1.54, 1.807) is 36.1 Å². The molecule has 0 fully saturated rings. The Morgan fingerprint density at radius 2 is 1.80 bits per heavy atom. The molecule has 1 amide bonds. The molecule has 0 bridgehead atoms. The lowest BCUT2D eigenvalue weighted by Crippen LogP contribution is -2.42. The number of hydrogen-bond donors (Lipinski definition) is 1. The van der Waals surface area contributed by atoms with Gasteiger partial charge in [0.1, 0.15) is 0 Å². The van der Waals surface area contributed by atoms with Crippen LogP contribution in [0.5, 0.6) is 0 Å². The molecule has 1 N–H and O–H groups in total. The van der Waals surface area contributed by atoms with E-state index in [9.17, 15) is 9.59 Å². The average Bonchev–Trinajstić information content (AvgIpc) is 2.43. The molecule has 2 atom stereocenters. The van der Waals surface area contributed by atoms with E-state index in [0.29, 0.717) is 10.6 Å². The maximum absolute atomic E-state index is 12.5. The second-order valence-corrected chi connectivity index (χ2v) is 5.40. The van der Waals surface area contributed by atoms with Crippen molar-refractivity contribution in [1.82, 2.24) is 4.90 Å². The molecule has 5 heteroatoms. The summed E-state index contributed by atoms with van der Waals surface area (Å²) >= 11 is 5.81. The Bertz CT molecular complexity index is 473. The smallest absolute Gasteiger partial charge is 0.308 e. The number of aliphatic carboxylic acids is 1. The minimum absolute atomic E-state index is 0.0139. The Hall–Kier alpha value is -1.55. The van der Waals surface area contributed by atoms with Gasteiger partial charge in [0.2, 0.25) is 0 Å². The fourth-order valence-electron chi connectivity index (χ4n) is 1.81. The summed E-state index contributed by atoms with van der Waals surface area (Å²) in [4.78, 5) is 25.1. The molecular weight excluding hydrogens is 278 g/mol. The third-order valence-corrected chi connectivity index (χ3v) is 3.62. The van der Waals surface area contributed by atoms with Gasteiger partial charge in [-0.2, -0.15) is 0 Å². The minimum atomic E-state index is -0.901. The predicted octanol–water partition coefficient (Wildman–Crippen LogP) is 3.30. The van der Waals surface area contributed by atoms with Crippen molar-refractivity contribution in [1.29, 1.82) is 0 Å². The van der Waals surface area contributed by atoms with Crippen LogP contribution in [0.4, 0.5) is 0 Å². The fourth-order valence-corrected chi connectivity index (χ4v) is 1.94. The molecule has 0 spiro atoms. The first-order valence-corrected chi connectivity index (χ1v) is 7.04. The zero-order valence-electron chi connectivity index (χ0n) is 12.0. The van der Waals surface area contributed by atoms with Crippen molar-refractivity contribution in [2.24, 2.45) is 5.92 Å². The quantitative estimate of drug-likeness (QED) is 0.876. The summed E-state index contributed by atoms with van der Waals surface area (Å²) < 4.78 is 0. The van der Waals surface area contributed by atoms with Crippen LogP contribution in [0.1, 0.15) is 37.6 Å². The lowest BCUT2D eigenvalue weighted by atomic mass is 10.1. The summed E-state index contributed by atoms with van der Waals surface area (Å²) in [6.07, 6.45) is 0.770. The number of nitrogens with zero attached hydrogens (tertiary/aromatic N) is 1. The van der Waals surface area contributed by atoms with E-state index >= 15 is 0 Å². The van der Waals surface area contributed by atoms with Crippen molar-refractivity contribution in [3.05, 3.63) is 34.9 Å². The van der Waals surface area contributed by atoms with Crippen molar-refractivity contribution in [2.45, 2.75) is 33.2 Å². The summed E-state index contributed by atoms with van der Waals surface area (Å²) in [5.74, 6) is -1.66. The third-order valence-electron chi connectivity index (χ3n) is 3.37. The average molecular weight is 298 g/mol. The highest BCUT2D eigenvalue weighted by atomic mass is 35.5. The maximum Gasteiger partial charge on any atom is 0.308 e. The lowest BCUT2D eigenvalue weighted by molar-refractivity contribution is -0.141. The highest BCUT2D eigenvalue weighted by molar-refractivity contribution is 6.30. The molecule has 0 saturated heterocycles. The Morgan fingerprint density at radius 1 is 1.25 bits per heavy atom. The van der Waals surface area contributed by atoms with Crippen LogP contribution >= 0.6 is 11.6 Å². The normalized spacial score (nSPS) is 13.6. The molecule has 0 saturated carbocycles. The van der Waals surface area contributed by atoms with Gasteiger partial charge < -0.3 is 10.0 Å². The van der Waals surface area contributed by atoms with Gasteiger partial charge in [0.25, 0.3) is 5.91 Å². The molecule has 2 unspecified atom stereocenters. The molecule has 0 aliphatic heterocycles. The third kappa shape index (κ3) is 4.23. The van der Waals surface area contributed by atoms with Gasteiger partial charge in [-0.15, -0.1) is 0 Å². The molecule has 0 aromatic heterocycles. The molecule has 4 nitrogen and oxygen atoms in total. The summed E-state index contributed by atoms with van der Waals surface area (Å²) in [5, 5.41) is 9.58. The molecule has 0 heterocycles. The van der Waals surface area contributed by atoms with Crippen LogP contribution in [0.25, 0.3) is 0 Å². The van der Waals surface area contributed by atoms with E-state index in [1.165, 1.54) is 0 Å². The monoisotopic (exact) mass is 297 g/mol. The first-order valence-electron chi connectivity index (χ1n) is 6.66. The predicted molar refractivity (Wildman–Crippen MR) is 79.0 cm³/mol. The standard InChI is InChI=1S/C15H20ClNO3/c1-4-11(3)17(9-10(2)15(19)20)14(18)12-5-7-13(16)8-6-12/h5-8,10-11H,4,9H2,1-3H3,(H,19,20). The van der Waals surface area contributed by atoms with Gasteiger partial charge in [-0.05, 0) is 37.6 Å². The Labute approximate surface area is 124 Å². The highest BCUT2D eigenvalue weighted by Gasteiger charge is 2.24. The van der Waals surface area contributed by atoms with Crippen molar-refractivity contribution >= 4 is 23.5 Å². The number of rotatable bonds is 6. The number of benzene rings is 1. The van der Waals surface area contributed by atoms with Gasteiger partial charge >= 0.3 is 5.97 Å². The number of hydrogen-bond acceptors (Lipinski definition) is 2. The Balaban J connectivity index is 2.95. The number of carbonyl (C=O) groups excluding carboxylic acids is 1. The van der Waals surface area contributed by atoms with Gasteiger partial charge in [-0.3, -0.25) is 9.59 Å². The van der Waals surface area contributed by atoms with Crippen LogP contribution in [-0.2, 0) is 4.79 Å². The maximum atomic E-state index is 12.5. The first kappa shape index (κ1) is 16.5. The Morgan fingerprint density at radius 3 is 2.25 bits per heavy atom. The number of halogens is 1. The zero-order valence-corrected chi connectivity index (χ0v) is 12.7. The van der Waals surface area contributed by atoms with E-state index in [4.69, 9.17) is 16.7 Å². The topological polar surface area (TPSA) is 57.6 Å². The summed E-state index contributed by atoms with van der Waals surface area (Å²) in [5.41, 5.74) is 0.521. The van der Waals surface area contributed by atoms with Gasteiger partial charge in [0.15, 0.2) is 0 Å². The largest absolute Gasteiger partial charge is 0.481 e. The lowest BCUT2D eigenvalue weighted by Gasteiger charge is -2.30. The van der Waals surface area contributed by atoms with Gasteiger partial charge in [0.05, 0.1) is 5.92 Å². The van der Waals surface area contributed by atoms with Crippen LogP contribution in [0.15, 0.2) is 24.3 Å². The van der Waals surface area contributed by atoms with Crippen LogP contribution in [0.3, 0.4) is 0 Å². The number of carboxylic acids is 1. The van der Waals surface area contributed by atoms with E-state index in [1.807, 2.05) is 13.8 Å². The van der Waals surface area contributed by atoms with E-state index in [0.717, 1.165) is 6.42 Å². The molecule has 0 aliphatic rings. The number of carbonyl (C=O) groups is 2. The molecule has 1 aromatic rings. The van der Waals surface area contributed by atoms with Crippen LogP contribution in [0.2, 0.25) is 5.02 Å². The van der Waals surface area contributed by atoms with Crippen molar-refractivity contribution < 1.29 is 14.7 Å². The van der Waals surface area contributed by atoms with Gasteiger partial charge in [-0.25, -0.2) is 0 Å². The molecule has 20 heavy (non-hydrogen) atoms. The van der Waals surface area contributed by atoms with Gasteiger partial charge in [0, 0.05) is 23.2 Å². The second-order valence-electron chi connectivity index (χ2n) is 4.96. The molecule has 1 rings (SSSR count). The van der Waals surface area contributed by atoms with Gasteiger partial charge in [-0.1, -0.05) is 25.4 Å². The minimum Gasteiger partial charge on any atom is -0.481 e. The van der Waals surface area contributed by atoms with Crippen molar-refractivity contribution in [3.63, 3.8) is 0 Å². The molecule has 1 aromatic carbocycles. The SMILES string of the molecule is CCC(C)N(CC(C)C(=O)O)C(=O)c1ccc(Cl)cc1. The van der Waals surface area contributed by atoms with Crippen LogP contribution < -0.4 is 0 Å². The van der Waals surface area contributed by atoms with Crippen molar-refractivity contribution in [3.8, 4) is 0 Å². The number of carboxylic acid groups (broad SMARTS) is 1. The first-order chi connectivity index (χ1) is 9.36. The summed E-state index contributed by atoms with van der Waals surface area (Å²) in [6.45, 7) is 5.69. The molecular formula is C15H20ClNO3. The fraction of sp³-hybridized carbons (Fsp3) is 0.467. The second kappa shape index (κ2) is 7.29. The van der Waals surface area contributed by atoms with E-state index in [-0.39, 0.29) is 18.5 Å². The molecule has 0 aliphatic carbocycles.